The van der Waals surface area contributed by atoms with Crippen LogP contribution in [0.1, 0.15) is 19.8 Å². The molecule has 16 heavy (non-hydrogen) atoms. The minimum atomic E-state index is -0.699. The molecule has 0 aromatic carbocycles. The molecule has 0 aromatic rings. The molecule has 0 spiro atoms. The molecule has 0 atom stereocenters. The number of rotatable bonds is 4. The summed E-state index contributed by atoms with van der Waals surface area (Å²) in [6.07, 6.45) is 8.34. The summed E-state index contributed by atoms with van der Waals surface area (Å²) in [6.45, 7) is 2.25. The number of hydrogen-bond donors (Lipinski definition) is 2. The molecule has 1 fully saturated rings. The van der Waals surface area contributed by atoms with Gasteiger partial charge in [0.15, 0.2) is 0 Å². The Morgan fingerprint density at radius 3 is 2.75 bits per heavy atom. The van der Waals surface area contributed by atoms with Crippen LogP contribution < -0.4 is 5.32 Å². The summed E-state index contributed by atoms with van der Waals surface area (Å²) in [7, 11) is 0. The molecule has 1 heterocycles. The first-order valence-corrected chi connectivity index (χ1v) is 6.69. The summed E-state index contributed by atoms with van der Waals surface area (Å²) in [5.74, 6) is 1.80. The Labute approximate surface area is 101 Å². The fourth-order valence-corrected chi connectivity index (χ4v) is 2.75. The molecule has 1 aliphatic rings. The molecule has 90 valence electrons. The number of thioether (sulfide) groups is 1. The standard InChI is InChI=1S/C12H19NO2S/c1-2-3-4-5-11(14)13-10-12(15)6-8-16-9-7-12/h2-5,15H,6-10H2,1H3,(H,13,14)/b3-2+,5-4+. The van der Waals surface area contributed by atoms with E-state index in [2.05, 4.69) is 5.32 Å². The zero-order valence-electron chi connectivity index (χ0n) is 9.61. The second-order valence-corrected chi connectivity index (χ2v) is 5.16. The molecule has 1 rings (SSSR count). The maximum atomic E-state index is 11.4. The van der Waals surface area contributed by atoms with E-state index >= 15 is 0 Å². The van der Waals surface area contributed by atoms with Gasteiger partial charge in [-0.05, 0) is 31.3 Å². The van der Waals surface area contributed by atoms with Crippen molar-refractivity contribution in [3.63, 3.8) is 0 Å². The van der Waals surface area contributed by atoms with Crippen molar-refractivity contribution in [1.29, 1.82) is 0 Å². The highest BCUT2D eigenvalue weighted by Gasteiger charge is 2.29. The van der Waals surface area contributed by atoms with Gasteiger partial charge in [-0.2, -0.15) is 11.8 Å². The molecular weight excluding hydrogens is 222 g/mol. The first-order valence-electron chi connectivity index (χ1n) is 5.54. The number of allylic oxidation sites excluding steroid dienone is 3. The zero-order chi connectivity index (χ0) is 11.9. The van der Waals surface area contributed by atoms with Crippen LogP contribution in [0, 0.1) is 0 Å². The first kappa shape index (κ1) is 13.3. The average molecular weight is 241 g/mol. The number of carbonyl (C=O) groups excluding carboxylic acids is 1. The fraction of sp³-hybridized carbons (Fsp3) is 0.583. The molecule has 2 N–H and O–H groups in total. The van der Waals surface area contributed by atoms with Crippen molar-refractivity contribution in [1.82, 2.24) is 5.32 Å². The molecular formula is C12H19NO2S. The minimum Gasteiger partial charge on any atom is -0.388 e. The summed E-state index contributed by atoms with van der Waals surface area (Å²) in [5, 5.41) is 12.9. The number of hydrogen-bond acceptors (Lipinski definition) is 3. The molecule has 0 bridgehead atoms. The lowest BCUT2D eigenvalue weighted by atomic mass is 9.97. The van der Waals surface area contributed by atoms with Gasteiger partial charge in [-0.15, -0.1) is 0 Å². The highest BCUT2D eigenvalue weighted by Crippen LogP contribution is 2.26. The Kier molecular flexibility index (Phi) is 5.63. The van der Waals surface area contributed by atoms with Crippen LogP contribution in [-0.2, 0) is 4.79 Å². The highest BCUT2D eigenvalue weighted by atomic mass is 32.2. The molecule has 4 heteroatoms. The van der Waals surface area contributed by atoms with Gasteiger partial charge in [0, 0.05) is 12.6 Å². The predicted molar refractivity (Wildman–Crippen MR) is 68.5 cm³/mol. The second kappa shape index (κ2) is 6.76. The number of carbonyl (C=O) groups is 1. The van der Waals surface area contributed by atoms with Crippen molar-refractivity contribution >= 4 is 17.7 Å². The lowest BCUT2D eigenvalue weighted by Gasteiger charge is -2.31. The van der Waals surface area contributed by atoms with Crippen LogP contribution >= 0.6 is 11.8 Å². The Morgan fingerprint density at radius 2 is 2.12 bits per heavy atom. The SMILES string of the molecule is C/C=C/C=C/C(=O)NCC1(O)CCSCC1. The third kappa shape index (κ3) is 4.86. The Hall–Kier alpha value is -0.740. The van der Waals surface area contributed by atoms with Gasteiger partial charge in [0.05, 0.1) is 5.60 Å². The second-order valence-electron chi connectivity index (χ2n) is 3.94. The third-order valence-electron chi connectivity index (χ3n) is 2.57. The van der Waals surface area contributed by atoms with Crippen molar-refractivity contribution in [3.05, 3.63) is 24.3 Å². The molecule has 1 aliphatic heterocycles. The molecule has 1 saturated heterocycles. The molecule has 0 unspecified atom stereocenters. The van der Waals surface area contributed by atoms with Crippen molar-refractivity contribution < 1.29 is 9.90 Å². The van der Waals surface area contributed by atoms with E-state index in [1.807, 2.05) is 24.8 Å². The lowest BCUT2D eigenvalue weighted by molar-refractivity contribution is -0.117. The predicted octanol–water partition coefficient (Wildman–Crippen LogP) is 1.49. The van der Waals surface area contributed by atoms with Gasteiger partial charge in [0.25, 0.3) is 0 Å². The van der Waals surface area contributed by atoms with Crippen LogP contribution in [0.3, 0.4) is 0 Å². The largest absolute Gasteiger partial charge is 0.388 e. The van der Waals surface area contributed by atoms with E-state index in [1.54, 1.807) is 12.2 Å². The monoisotopic (exact) mass is 241 g/mol. The Morgan fingerprint density at radius 1 is 1.44 bits per heavy atom. The Balaban J connectivity index is 2.30. The Bertz CT molecular complexity index is 281. The minimum absolute atomic E-state index is 0.148. The number of aliphatic hydroxyl groups is 1. The van der Waals surface area contributed by atoms with E-state index in [4.69, 9.17) is 0 Å². The highest BCUT2D eigenvalue weighted by molar-refractivity contribution is 7.99. The third-order valence-corrected chi connectivity index (χ3v) is 3.55. The van der Waals surface area contributed by atoms with Crippen LogP contribution in [0.5, 0.6) is 0 Å². The molecule has 0 saturated carbocycles. The van der Waals surface area contributed by atoms with E-state index in [9.17, 15) is 9.90 Å². The van der Waals surface area contributed by atoms with Crippen molar-refractivity contribution in [3.8, 4) is 0 Å². The van der Waals surface area contributed by atoms with E-state index in [-0.39, 0.29) is 5.91 Å². The maximum absolute atomic E-state index is 11.4. The van der Waals surface area contributed by atoms with Gasteiger partial charge < -0.3 is 10.4 Å². The summed E-state index contributed by atoms with van der Waals surface area (Å²) >= 11 is 1.85. The van der Waals surface area contributed by atoms with Crippen LogP contribution in [0.25, 0.3) is 0 Å². The quantitative estimate of drug-likeness (QED) is 0.579. The topological polar surface area (TPSA) is 49.3 Å². The van der Waals surface area contributed by atoms with E-state index in [0.29, 0.717) is 6.54 Å². The normalized spacial score (nSPS) is 20.4. The van der Waals surface area contributed by atoms with Crippen LogP contribution in [-0.4, -0.2) is 34.7 Å². The molecule has 0 aliphatic carbocycles. The summed E-state index contributed by atoms with van der Waals surface area (Å²) in [5.41, 5.74) is -0.699. The van der Waals surface area contributed by atoms with Crippen LogP contribution in [0.2, 0.25) is 0 Å². The smallest absolute Gasteiger partial charge is 0.244 e. The van der Waals surface area contributed by atoms with E-state index in [0.717, 1.165) is 24.3 Å². The van der Waals surface area contributed by atoms with Crippen LogP contribution in [0.15, 0.2) is 24.3 Å². The summed E-state index contributed by atoms with van der Waals surface area (Å²) in [4.78, 5) is 11.4. The lowest BCUT2D eigenvalue weighted by Crippen LogP contribution is -2.44. The van der Waals surface area contributed by atoms with Crippen LogP contribution in [0.4, 0.5) is 0 Å². The fourth-order valence-electron chi connectivity index (χ4n) is 1.49. The van der Waals surface area contributed by atoms with Gasteiger partial charge in [-0.1, -0.05) is 18.2 Å². The summed E-state index contributed by atoms with van der Waals surface area (Å²) in [6, 6.07) is 0. The molecule has 3 nitrogen and oxygen atoms in total. The van der Waals surface area contributed by atoms with Gasteiger partial charge in [-0.25, -0.2) is 0 Å². The van der Waals surface area contributed by atoms with Crippen molar-refractivity contribution in [2.75, 3.05) is 18.1 Å². The first-order chi connectivity index (χ1) is 7.66. The van der Waals surface area contributed by atoms with Gasteiger partial charge in [-0.3, -0.25) is 4.79 Å². The average Bonchev–Trinajstić information content (AvgIpc) is 2.28. The molecule has 0 radical (unpaired) electrons. The number of nitrogens with one attached hydrogen (secondary N) is 1. The number of amides is 1. The zero-order valence-corrected chi connectivity index (χ0v) is 10.4. The maximum Gasteiger partial charge on any atom is 0.244 e. The van der Waals surface area contributed by atoms with Crippen molar-refractivity contribution in [2.45, 2.75) is 25.4 Å². The molecule has 0 aromatic heterocycles. The summed E-state index contributed by atoms with van der Waals surface area (Å²) < 4.78 is 0. The van der Waals surface area contributed by atoms with Gasteiger partial charge in [0.1, 0.15) is 0 Å². The molecule has 1 amide bonds. The van der Waals surface area contributed by atoms with Gasteiger partial charge in [0.2, 0.25) is 5.91 Å². The van der Waals surface area contributed by atoms with Crippen molar-refractivity contribution in [2.24, 2.45) is 0 Å². The van der Waals surface area contributed by atoms with Gasteiger partial charge >= 0.3 is 0 Å². The van der Waals surface area contributed by atoms with E-state index < -0.39 is 5.60 Å². The van der Waals surface area contributed by atoms with E-state index in [1.165, 1.54) is 6.08 Å².